The smallest absolute Gasteiger partial charge is 0.392 e. The van der Waals surface area contributed by atoms with Crippen molar-refractivity contribution in [3.8, 4) is 0 Å². The second-order valence-electron chi connectivity index (χ2n) is 5.25. The van der Waals surface area contributed by atoms with Crippen LogP contribution in [0, 0.1) is 0 Å². The molecule has 0 aromatic carbocycles. The minimum Gasteiger partial charge on any atom is -0.392 e. The number of alkyl halides is 3. The van der Waals surface area contributed by atoms with Crippen molar-refractivity contribution in [3.63, 3.8) is 0 Å². The first-order valence-electron chi connectivity index (χ1n) is 6.64. The first kappa shape index (κ1) is 15.3. The molecule has 2 aliphatic rings. The molecule has 0 spiro atoms. The molecule has 2 N–H and O–H groups in total. The molecule has 0 aromatic heterocycles. The molecule has 0 amide bonds. The summed E-state index contributed by atoms with van der Waals surface area (Å²) in [5, 5.41) is 19.9. The summed E-state index contributed by atoms with van der Waals surface area (Å²) in [5.41, 5.74) is 0.137. The van der Waals surface area contributed by atoms with Crippen molar-refractivity contribution in [1.82, 2.24) is 9.96 Å². The lowest BCUT2D eigenvalue weighted by atomic mass is 9.94. The van der Waals surface area contributed by atoms with Gasteiger partial charge in [-0.05, 0) is 31.4 Å². The Bertz CT molecular complexity index is 432. The molecule has 1 saturated heterocycles. The maximum atomic E-state index is 12.8. The van der Waals surface area contributed by atoms with Gasteiger partial charge in [0.2, 0.25) is 0 Å². The van der Waals surface area contributed by atoms with E-state index in [0.717, 1.165) is 5.70 Å². The predicted molar refractivity (Wildman–Crippen MR) is 67.0 cm³/mol. The van der Waals surface area contributed by atoms with Crippen LogP contribution in [-0.2, 0) is 0 Å². The highest BCUT2D eigenvalue weighted by Crippen LogP contribution is 2.37. The Labute approximate surface area is 115 Å². The van der Waals surface area contributed by atoms with Crippen molar-refractivity contribution in [2.75, 3.05) is 26.2 Å². The second-order valence-corrected chi connectivity index (χ2v) is 5.25. The highest BCUT2D eigenvalue weighted by atomic mass is 19.4. The lowest BCUT2D eigenvalue weighted by Gasteiger charge is -2.40. The molecule has 1 unspecified atom stereocenters. The van der Waals surface area contributed by atoms with Crippen LogP contribution in [0.1, 0.15) is 19.8 Å². The van der Waals surface area contributed by atoms with Gasteiger partial charge in [-0.2, -0.15) is 18.2 Å². The molecule has 20 heavy (non-hydrogen) atoms. The van der Waals surface area contributed by atoms with Gasteiger partial charge in [0.15, 0.2) is 0 Å². The summed E-state index contributed by atoms with van der Waals surface area (Å²) in [6, 6.07) is -0.0600. The first-order valence-corrected chi connectivity index (χ1v) is 6.64. The number of hydrogen-bond donors (Lipinski definition) is 2. The van der Waals surface area contributed by atoms with Crippen molar-refractivity contribution in [2.45, 2.75) is 32.0 Å². The third kappa shape index (κ3) is 3.16. The highest BCUT2D eigenvalue weighted by molar-refractivity contribution is 5.36. The summed E-state index contributed by atoms with van der Waals surface area (Å²) >= 11 is 0. The molecule has 0 radical (unpaired) electrons. The molecular weight excluding hydrogens is 273 g/mol. The van der Waals surface area contributed by atoms with Gasteiger partial charge in [0.05, 0.1) is 6.61 Å². The second kappa shape index (κ2) is 5.75. The topological polar surface area (TPSA) is 46.9 Å². The standard InChI is InChI=1S/C13H19F3N2O2/c1-9-7-17(4-5-18(9)20)11-2-3-12(13(14,15)16)10(6-11)8-19/h6,9,19-20H,2-5,7-8H2,1H3. The molecule has 0 aromatic rings. The fourth-order valence-corrected chi connectivity index (χ4v) is 2.70. The summed E-state index contributed by atoms with van der Waals surface area (Å²) < 4.78 is 38.4. The van der Waals surface area contributed by atoms with Gasteiger partial charge in [-0.15, -0.1) is 0 Å². The summed E-state index contributed by atoms with van der Waals surface area (Å²) in [5.74, 6) is 0. The minimum atomic E-state index is -4.38. The number of allylic oxidation sites excluding steroid dienone is 2. The summed E-state index contributed by atoms with van der Waals surface area (Å²) in [6.07, 6.45) is -2.71. The van der Waals surface area contributed by atoms with Crippen LogP contribution >= 0.6 is 0 Å². The third-order valence-corrected chi connectivity index (χ3v) is 3.87. The van der Waals surface area contributed by atoms with Gasteiger partial charge in [-0.25, -0.2) is 0 Å². The van der Waals surface area contributed by atoms with Crippen LogP contribution in [0.5, 0.6) is 0 Å². The maximum Gasteiger partial charge on any atom is 0.413 e. The third-order valence-electron chi connectivity index (χ3n) is 3.87. The number of rotatable bonds is 2. The number of aliphatic hydroxyl groups is 1. The lowest BCUT2D eigenvalue weighted by Crippen LogP contribution is -2.50. The number of piperazine rings is 1. The van der Waals surface area contributed by atoms with Gasteiger partial charge in [0, 0.05) is 36.9 Å². The van der Waals surface area contributed by atoms with Gasteiger partial charge in [0.1, 0.15) is 0 Å². The predicted octanol–water partition coefficient (Wildman–Crippen LogP) is 1.91. The van der Waals surface area contributed by atoms with Crippen LogP contribution in [0.25, 0.3) is 0 Å². The van der Waals surface area contributed by atoms with E-state index in [0.29, 0.717) is 26.1 Å². The zero-order chi connectivity index (χ0) is 14.9. The lowest BCUT2D eigenvalue weighted by molar-refractivity contribution is -0.146. The quantitative estimate of drug-likeness (QED) is 0.816. The summed E-state index contributed by atoms with van der Waals surface area (Å²) in [7, 11) is 0. The number of nitrogens with zero attached hydrogens (tertiary/aromatic N) is 2. The average Bonchev–Trinajstić information content (AvgIpc) is 2.40. The molecule has 0 bridgehead atoms. The number of halogens is 3. The van der Waals surface area contributed by atoms with E-state index in [4.69, 9.17) is 5.11 Å². The molecule has 1 fully saturated rings. The molecular formula is C13H19F3N2O2. The Kier molecular flexibility index (Phi) is 4.41. The number of hydroxylamine groups is 2. The minimum absolute atomic E-state index is 0.0437. The van der Waals surface area contributed by atoms with E-state index < -0.39 is 18.4 Å². The largest absolute Gasteiger partial charge is 0.413 e. The Morgan fingerprint density at radius 3 is 2.55 bits per heavy atom. The van der Waals surface area contributed by atoms with E-state index >= 15 is 0 Å². The number of hydrogen-bond acceptors (Lipinski definition) is 4. The van der Waals surface area contributed by atoms with Crippen LogP contribution in [0.2, 0.25) is 0 Å². The Morgan fingerprint density at radius 2 is 2.00 bits per heavy atom. The Balaban J connectivity index is 2.19. The van der Waals surface area contributed by atoms with E-state index in [-0.39, 0.29) is 18.0 Å². The van der Waals surface area contributed by atoms with Crippen molar-refractivity contribution >= 4 is 0 Å². The van der Waals surface area contributed by atoms with Crippen LogP contribution in [-0.4, -0.2) is 58.7 Å². The van der Waals surface area contributed by atoms with Crippen molar-refractivity contribution in [3.05, 3.63) is 22.9 Å². The molecule has 114 valence electrons. The molecule has 1 aliphatic carbocycles. The van der Waals surface area contributed by atoms with Crippen LogP contribution in [0.3, 0.4) is 0 Å². The van der Waals surface area contributed by atoms with Gasteiger partial charge >= 0.3 is 6.18 Å². The average molecular weight is 292 g/mol. The number of aliphatic hydroxyl groups excluding tert-OH is 1. The van der Waals surface area contributed by atoms with Gasteiger partial charge in [0.25, 0.3) is 0 Å². The fraction of sp³-hybridized carbons (Fsp3) is 0.692. The Morgan fingerprint density at radius 1 is 1.30 bits per heavy atom. The zero-order valence-electron chi connectivity index (χ0n) is 11.3. The maximum absolute atomic E-state index is 12.8. The molecule has 1 aliphatic heterocycles. The highest BCUT2D eigenvalue weighted by Gasteiger charge is 2.37. The SMILES string of the molecule is CC1CN(C2=CC(CO)=C(C(F)(F)F)CC2)CCN1O. The monoisotopic (exact) mass is 292 g/mol. The van der Waals surface area contributed by atoms with Crippen molar-refractivity contribution in [2.24, 2.45) is 0 Å². The van der Waals surface area contributed by atoms with E-state index in [1.807, 2.05) is 11.8 Å². The zero-order valence-corrected chi connectivity index (χ0v) is 11.3. The summed E-state index contributed by atoms with van der Waals surface area (Å²) in [6.45, 7) is 2.87. The van der Waals surface area contributed by atoms with Gasteiger partial charge < -0.3 is 15.2 Å². The van der Waals surface area contributed by atoms with Crippen LogP contribution < -0.4 is 0 Å². The van der Waals surface area contributed by atoms with E-state index in [1.54, 1.807) is 0 Å². The summed E-state index contributed by atoms with van der Waals surface area (Å²) in [4.78, 5) is 1.99. The normalized spacial score (nSPS) is 26.0. The Hall–Kier alpha value is -1.05. The van der Waals surface area contributed by atoms with Crippen molar-refractivity contribution < 1.29 is 23.5 Å². The molecule has 0 saturated carbocycles. The molecule has 2 rings (SSSR count). The molecule has 7 heteroatoms. The van der Waals surface area contributed by atoms with E-state index in [9.17, 15) is 18.4 Å². The molecule has 1 heterocycles. The van der Waals surface area contributed by atoms with E-state index in [1.165, 1.54) is 11.1 Å². The van der Waals surface area contributed by atoms with E-state index in [2.05, 4.69) is 0 Å². The molecule has 4 nitrogen and oxygen atoms in total. The van der Waals surface area contributed by atoms with Crippen LogP contribution in [0.4, 0.5) is 13.2 Å². The van der Waals surface area contributed by atoms with Crippen molar-refractivity contribution in [1.29, 1.82) is 0 Å². The molecule has 1 atom stereocenters. The van der Waals surface area contributed by atoms with Gasteiger partial charge in [-0.3, -0.25) is 0 Å². The van der Waals surface area contributed by atoms with Crippen LogP contribution in [0.15, 0.2) is 22.9 Å². The first-order chi connectivity index (χ1) is 9.32. The van der Waals surface area contributed by atoms with Gasteiger partial charge in [-0.1, -0.05) is 0 Å². The fourth-order valence-electron chi connectivity index (χ4n) is 2.70.